The number of benzene rings is 1. The van der Waals surface area contributed by atoms with E-state index in [0.29, 0.717) is 6.54 Å². The van der Waals surface area contributed by atoms with Gasteiger partial charge in [-0.1, -0.05) is 43.7 Å². The highest BCUT2D eigenvalue weighted by Crippen LogP contribution is 1.94. The molecule has 14 heavy (non-hydrogen) atoms. The van der Waals surface area contributed by atoms with E-state index in [4.69, 9.17) is 5.73 Å². The Morgan fingerprint density at radius 2 is 1.93 bits per heavy atom. The van der Waals surface area contributed by atoms with Crippen molar-refractivity contribution in [3.05, 3.63) is 35.9 Å². The average Bonchev–Trinajstić information content (AvgIpc) is 2.28. The normalized spacial score (nSPS) is 8.71. The van der Waals surface area contributed by atoms with Crippen LogP contribution in [0.25, 0.3) is 0 Å². The molecule has 2 N–H and O–H groups in total. The zero-order valence-electron chi connectivity index (χ0n) is 8.78. The summed E-state index contributed by atoms with van der Waals surface area (Å²) in [4.78, 5) is 9.56. The van der Waals surface area contributed by atoms with Gasteiger partial charge >= 0.3 is 0 Å². The Hall–Kier alpha value is -1.15. The van der Waals surface area contributed by atoms with Crippen molar-refractivity contribution in [2.24, 2.45) is 5.73 Å². The van der Waals surface area contributed by atoms with Crippen molar-refractivity contribution in [3.8, 4) is 0 Å². The van der Waals surface area contributed by atoms with E-state index < -0.39 is 0 Å². The van der Waals surface area contributed by atoms with Crippen LogP contribution < -0.4 is 5.73 Å². The molecule has 0 aliphatic heterocycles. The van der Waals surface area contributed by atoms with E-state index in [-0.39, 0.29) is 0 Å². The van der Waals surface area contributed by atoms with Crippen LogP contribution in [0, 0.1) is 0 Å². The molecule has 0 heterocycles. The molecule has 0 aliphatic carbocycles. The molecule has 1 aromatic rings. The number of hydrogen-bond donors (Lipinski definition) is 1. The summed E-state index contributed by atoms with van der Waals surface area (Å²) in [6.45, 7) is 2.71. The fraction of sp³-hybridized carbons (Fsp3) is 0.417. The van der Waals surface area contributed by atoms with Gasteiger partial charge in [-0.25, -0.2) is 0 Å². The number of carbonyl (C=O) groups is 1. The van der Waals surface area contributed by atoms with Crippen molar-refractivity contribution in [2.75, 3.05) is 0 Å². The van der Waals surface area contributed by atoms with Crippen LogP contribution in [0.1, 0.15) is 31.7 Å². The number of nitrogens with two attached hydrogens (primary N) is 1. The van der Waals surface area contributed by atoms with Crippen molar-refractivity contribution in [1.82, 2.24) is 0 Å². The van der Waals surface area contributed by atoms with Gasteiger partial charge in [0.05, 0.1) is 0 Å². The second kappa shape index (κ2) is 9.93. The van der Waals surface area contributed by atoms with Crippen LogP contribution in [0.2, 0.25) is 0 Å². The van der Waals surface area contributed by atoms with E-state index in [2.05, 4.69) is 6.92 Å². The molecule has 0 saturated heterocycles. The van der Waals surface area contributed by atoms with Gasteiger partial charge in [-0.2, -0.15) is 0 Å². The number of hydrogen-bond acceptors (Lipinski definition) is 2. The molecule has 1 aromatic carbocycles. The van der Waals surface area contributed by atoms with Crippen molar-refractivity contribution >= 4 is 6.29 Å². The van der Waals surface area contributed by atoms with E-state index in [9.17, 15) is 4.79 Å². The first-order chi connectivity index (χ1) is 6.85. The van der Waals surface area contributed by atoms with Gasteiger partial charge in [0.2, 0.25) is 0 Å². The van der Waals surface area contributed by atoms with Gasteiger partial charge in [0.15, 0.2) is 0 Å². The molecule has 0 spiro atoms. The molecule has 0 fully saturated rings. The predicted molar refractivity (Wildman–Crippen MR) is 59.9 cm³/mol. The summed E-state index contributed by atoms with van der Waals surface area (Å²) in [7, 11) is 0. The SMILES string of the molecule is CCCCC=O.NCc1ccccc1. The summed E-state index contributed by atoms with van der Waals surface area (Å²) in [6.07, 6.45) is 3.86. The topological polar surface area (TPSA) is 43.1 Å². The Morgan fingerprint density at radius 1 is 1.29 bits per heavy atom. The molecule has 0 aliphatic rings. The summed E-state index contributed by atoms with van der Waals surface area (Å²) in [5.74, 6) is 0. The molecule has 0 amide bonds. The molecule has 2 heteroatoms. The first kappa shape index (κ1) is 12.8. The van der Waals surface area contributed by atoms with E-state index in [0.717, 1.165) is 25.5 Å². The molecule has 0 atom stereocenters. The second-order valence-electron chi connectivity index (χ2n) is 3.00. The summed E-state index contributed by atoms with van der Waals surface area (Å²) < 4.78 is 0. The highest BCUT2D eigenvalue weighted by molar-refractivity contribution is 5.48. The monoisotopic (exact) mass is 193 g/mol. The molecule has 0 unspecified atom stereocenters. The lowest BCUT2D eigenvalue weighted by atomic mass is 10.2. The Kier molecular flexibility index (Phi) is 9.12. The lowest BCUT2D eigenvalue weighted by Gasteiger charge is -1.90. The number of unbranched alkanes of at least 4 members (excludes halogenated alkanes) is 2. The maximum absolute atomic E-state index is 9.56. The van der Waals surface area contributed by atoms with Gasteiger partial charge in [-0.05, 0) is 12.0 Å². The quantitative estimate of drug-likeness (QED) is 0.590. The van der Waals surface area contributed by atoms with Crippen molar-refractivity contribution in [3.63, 3.8) is 0 Å². The second-order valence-corrected chi connectivity index (χ2v) is 3.00. The molecular formula is C12H19NO. The highest BCUT2D eigenvalue weighted by Gasteiger charge is 1.80. The number of rotatable bonds is 4. The lowest BCUT2D eigenvalue weighted by Crippen LogP contribution is -1.94. The number of carbonyl (C=O) groups excluding carboxylic acids is 1. The van der Waals surface area contributed by atoms with Crippen LogP contribution in [0.5, 0.6) is 0 Å². The summed E-state index contributed by atoms with van der Waals surface area (Å²) >= 11 is 0. The number of aldehydes is 1. The Balaban J connectivity index is 0.000000255. The van der Waals surface area contributed by atoms with Gasteiger partial charge in [-0.3, -0.25) is 0 Å². The molecule has 0 radical (unpaired) electrons. The van der Waals surface area contributed by atoms with E-state index >= 15 is 0 Å². The van der Waals surface area contributed by atoms with E-state index in [1.165, 1.54) is 5.56 Å². The van der Waals surface area contributed by atoms with Crippen molar-refractivity contribution in [1.29, 1.82) is 0 Å². The first-order valence-electron chi connectivity index (χ1n) is 5.02. The fourth-order valence-electron chi connectivity index (χ4n) is 0.902. The Labute approximate surface area is 86.1 Å². The van der Waals surface area contributed by atoms with Gasteiger partial charge in [0.25, 0.3) is 0 Å². The van der Waals surface area contributed by atoms with Crippen molar-refractivity contribution < 1.29 is 4.79 Å². The summed E-state index contributed by atoms with van der Waals surface area (Å²) in [5, 5.41) is 0. The van der Waals surface area contributed by atoms with Crippen LogP contribution in [0.3, 0.4) is 0 Å². The average molecular weight is 193 g/mol. The maximum Gasteiger partial charge on any atom is 0.119 e. The van der Waals surface area contributed by atoms with Gasteiger partial charge < -0.3 is 10.5 Å². The van der Waals surface area contributed by atoms with Gasteiger partial charge in [0, 0.05) is 13.0 Å². The third-order valence-corrected chi connectivity index (χ3v) is 1.75. The zero-order valence-corrected chi connectivity index (χ0v) is 8.78. The summed E-state index contributed by atoms with van der Waals surface area (Å²) in [5.41, 5.74) is 6.54. The largest absolute Gasteiger partial charge is 0.326 e. The molecule has 2 nitrogen and oxygen atoms in total. The van der Waals surface area contributed by atoms with Crippen LogP contribution >= 0.6 is 0 Å². The van der Waals surface area contributed by atoms with E-state index in [1.807, 2.05) is 30.3 Å². The minimum Gasteiger partial charge on any atom is -0.326 e. The molecule has 0 bridgehead atoms. The maximum atomic E-state index is 9.56. The third kappa shape index (κ3) is 7.50. The third-order valence-electron chi connectivity index (χ3n) is 1.75. The molecule has 0 aromatic heterocycles. The minimum absolute atomic E-state index is 0.640. The highest BCUT2D eigenvalue weighted by atomic mass is 16.1. The first-order valence-corrected chi connectivity index (χ1v) is 5.02. The van der Waals surface area contributed by atoms with E-state index in [1.54, 1.807) is 0 Å². The molecule has 0 saturated carbocycles. The van der Waals surface area contributed by atoms with Crippen LogP contribution in [-0.2, 0) is 11.3 Å². The molecule has 1 rings (SSSR count). The zero-order chi connectivity index (χ0) is 10.6. The lowest BCUT2D eigenvalue weighted by molar-refractivity contribution is -0.107. The minimum atomic E-state index is 0.640. The standard InChI is InChI=1S/C7H9N.C5H10O/c8-6-7-4-2-1-3-5-7;1-2-3-4-5-6/h1-5H,6,8H2;5H,2-4H2,1H3. The van der Waals surface area contributed by atoms with Crippen LogP contribution in [0.15, 0.2) is 30.3 Å². The predicted octanol–water partition coefficient (Wildman–Crippen LogP) is 2.52. The van der Waals surface area contributed by atoms with Gasteiger partial charge in [-0.15, -0.1) is 0 Å². The smallest absolute Gasteiger partial charge is 0.119 e. The molecular weight excluding hydrogens is 174 g/mol. The Bertz CT molecular complexity index is 221. The fourth-order valence-corrected chi connectivity index (χ4v) is 0.902. The van der Waals surface area contributed by atoms with Gasteiger partial charge in [0.1, 0.15) is 6.29 Å². The molecule has 78 valence electrons. The van der Waals surface area contributed by atoms with Crippen LogP contribution in [-0.4, -0.2) is 6.29 Å². The van der Waals surface area contributed by atoms with Crippen molar-refractivity contribution in [2.45, 2.75) is 32.7 Å². The van der Waals surface area contributed by atoms with Crippen LogP contribution in [0.4, 0.5) is 0 Å². The Morgan fingerprint density at radius 3 is 2.21 bits per heavy atom. The summed E-state index contributed by atoms with van der Waals surface area (Å²) in [6, 6.07) is 9.99.